The molecule has 2 aromatic carbocycles. The summed E-state index contributed by atoms with van der Waals surface area (Å²) in [5.74, 6) is -0.310. The summed E-state index contributed by atoms with van der Waals surface area (Å²) in [4.78, 5) is 31.0. The van der Waals surface area contributed by atoms with Crippen LogP contribution in [0.15, 0.2) is 85.3 Å². The van der Waals surface area contributed by atoms with Crippen molar-refractivity contribution in [1.82, 2.24) is 20.6 Å². The van der Waals surface area contributed by atoms with Crippen molar-refractivity contribution in [3.05, 3.63) is 96.5 Å². The summed E-state index contributed by atoms with van der Waals surface area (Å²) >= 11 is 4.74. The first kappa shape index (κ1) is 34.9. The predicted octanol–water partition coefficient (Wildman–Crippen LogP) is 6.73. The second-order valence-corrected chi connectivity index (χ2v) is 8.50. The second kappa shape index (κ2) is 20.9. The van der Waals surface area contributed by atoms with E-state index in [2.05, 4.69) is 27.2 Å². The zero-order chi connectivity index (χ0) is 29.6. The van der Waals surface area contributed by atoms with Crippen molar-refractivity contribution in [3.8, 4) is 11.3 Å². The average Bonchev–Trinajstić information content (AvgIpc) is 2.94. The Labute approximate surface area is 237 Å². The molecular formula is C30H40N4O4S. The van der Waals surface area contributed by atoms with Crippen LogP contribution in [0.5, 0.6) is 0 Å². The van der Waals surface area contributed by atoms with Crippen molar-refractivity contribution >= 4 is 29.4 Å². The van der Waals surface area contributed by atoms with Crippen LogP contribution in [0, 0.1) is 0 Å². The van der Waals surface area contributed by atoms with Gasteiger partial charge >= 0.3 is 12.1 Å². The van der Waals surface area contributed by atoms with Gasteiger partial charge in [0.1, 0.15) is 6.61 Å². The van der Waals surface area contributed by atoms with Crippen LogP contribution in [0.1, 0.15) is 57.5 Å². The maximum atomic E-state index is 11.7. The Hall–Kier alpha value is -4.11. The van der Waals surface area contributed by atoms with Crippen LogP contribution >= 0.6 is 12.2 Å². The highest BCUT2D eigenvalue weighted by molar-refractivity contribution is 7.80. The Balaban J connectivity index is 0.000000624. The first-order valence-electron chi connectivity index (χ1n) is 12.5. The molecule has 0 aliphatic rings. The van der Waals surface area contributed by atoms with Gasteiger partial charge in [-0.05, 0) is 57.6 Å². The number of carbonyl (C=O) groups is 2. The van der Waals surface area contributed by atoms with E-state index in [9.17, 15) is 9.59 Å². The number of nitrogens with one attached hydrogen (secondary N) is 2. The van der Waals surface area contributed by atoms with E-state index in [1.54, 1.807) is 37.8 Å². The minimum atomic E-state index is -0.557. The summed E-state index contributed by atoms with van der Waals surface area (Å²) in [5, 5.41) is 5.22. The minimum Gasteiger partial charge on any atom is -0.459 e. The smallest absolute Gasteiger partial charge is 0.413 e. The molecule has 0 bridgehead atoms. The van der Waals surface area contributed by atoms with E-state index in [0.29, 0.717) is 5.56 Å². The van der Waals surface area contributed by atoms with Crippen LogP contribution in [-0.2, 0) is 16.1 Å². The number of aromatic nitrogens is 2. The first-order chi connectivity index (χ1) is 18.6. The molecule has 0 aliphatic heterocycles. The van der Waals surface area contributed by atoms with E-state index in [1.807, 2.05) is 84.0 Å². The zero-order valence-corrected chi connectivity index (χ0v) is 24.7. The number of amides is 1. The van der Waals surface area contributed by atoms with Gasteiger partial charge in [-0.25, -0.2) is 9.59 Å². The summed E-state index contributed by atoms with van der Waals surface area (Å²) in [7, 11) is 1.62. The summed E-state index contributed by atoms with van der Waals surface area (Å²) in [6.07, 6.45) is 4.27. The van der Waals surface area contributed by atoms with Crippen LogP contribution < -0.4 is 10.6 Å². The van der Waals surface area contributed by atoms with Crippen LogP contribution in [-0.4, -0.2) is 40.3 Å². The number of allylic oxidation sites excluding steroid dienone is 1. The quantitative estimate of drug-likeness (QED) is 0.204. The Morgan fingerprint density at radius 1 is 1.00 bits per heavy atom. The lowest BCUT2D eigenvalue weighted by Gasteiger charge is -2.08. The molecule has 0 saturated carbocycles. The molecule has 1 amide bonds. The van der Waals surface area contributed by atoms with Crippen molar-refractivity contribution < 1.29 is 19.1 Å². The fourth-order valence-corrected chi connectivity index (χ4v) is 2.51. The Morgan fingerprint density at radius 3 is 2.08 bits per heavy atom. The van der Waals surface area contributed by atoms with Crippen molar-refractivity contribution in [1.29, 1.82) is 0 Å². The van der Waals surface area contributed by atoms with Gasteiger partial charge in [0, 0.05) is 25.0 Å². The van der Waals surface area contributed by atoms with E-state index in [-0.39, 0.29) is 23.8 Å². The van der Waals surface area contributed by atoms with E-state index in [4.69, 9.17) is 21.7 Å². The molecule has 3 aromatic rings. The minimum absolute atomic E-state index is 0.114. The fourth-order valence-electron chi connectivity index (χ4n) is 2.42. The van der Waals surface area contributed by atoms with Crippen LogP contribution in [0.25, 0.3) is 11.3 Å². The lowest BCUT2D eigenvalue weighted by Crippen LogP contribution is -2.37. The Bertz CT molecular complexity index is 1120. The molecule has 1 aromatic heterocycles. The number of carbonyl (C=O) groups excluding carboxylic acids is 2. The molecule has 0 aliphatic carbocycles. The third-order valence-corrected chi connectivity index (χ3v) is 4.28. The van der Waals surface area contributed by atoms with Gasteiger partial charge in [0.05, 0.1) is 23.6 Å². The van der Waals surface area contributed by atoms with Gasteiger partial charge in [-0.3, -0.25) is 15.3 Å². The second-order valence-electron chi connectivity index (χ2n) is 8.10. The maximum Gasteiger partial charge on any atom is 0.413 e. The molecule has 0 fully saturated rings. The molecule has 8 nitrogen and oxygen atoms in total. The van der Waals surface area contributed by atoms with Crippen molar-refractivity contribution in [2.24, 2.45) is 0 Å². The lowest BCUT2D eigenvalue weighted by molar-refractivity contribution is 0.0378. The van der Waals surface area contributed by atoms with Gasteiger partial charge in [0.25, 0.3) is 0 Å². The molecule has 210 valence electrons. The lowest BCUT2D eigenvalue weighted by atomic mass is 10.1. The van der Waals surface area contributed by atoms with Crippen LogP contribution in [0.2, 0.25) is 0 Å². The van der Waals surface area contributed by atoms with E-state index < -0.39 is 6.09 Å². The third kappa shape index (κ3) is 17.1. The van der Waals surface area contributed by atoms with Gasteiger partial charge in [-0.15, -0.1) is 6.58 Å². The van der Waals surface area contributed by atoms with Gasteiger partial charge < -0.3 is 14.8 Å². The molecular weight excluding hydrogens is 512 g/mol. The molecule has 2 N–H and O–H groups in total. The Morgan fingerprint density at radius 2 is 1.59 bits per heavy atom. The number of hydrogen-bond donors (Lipinski definition) is 2. The monoisotopic (exact) mass is 552 g/mol. The number of esters is 1. The zero-order valence-electron chi connectivity index (χ0n) is 23.9. The molecule has 0 radical (unpaired) electrons. The average molecular weight is 553 g/mol. The first-order valence-corrected chi connectivity index (χ1v) is 12.9. The largest absolute Gasteiger partial charge is 0.459 e. The molecule has 0 atom stereocenters. The summed E-state index contributed by atoms with van der Waals surface area (Å²) in [6.45, 7) is 15.4. The topological polar surface area (TPSA) is 102 Å². The van der Waals surface area contributed by atoms with E-state index in [1.165, 1.54) is 5.57 Å². The van der Waals surface area contributed by atoms with Crippen molar-refractivity contribution in [2.75, 3.05) is 7.05 Å². The van der Waals surface area contributed by atoms with Crippen LogP contribution in [0.3, 0.4) is 0 Å². The number of hydrogen-bond acceptors (Lipinski definition) is 7. The maximum absolute atomic E-state index is 11.7. The SMILES string of the molecule is C=C(C)C.CC.CC(C)OC(=O)c1ccc(-c2cnccn2)cc1.CNC(=S)NC(=O)OCc1ccccc1. The molecule has 0 unspecified atom stereocenters. The van der Waals surface area contributed by atoms with Gasteiger partial charge in [0.2, 0.25) is 0 Å². The summed E-state index contributed by atoms with van der Waals surface area (Å²) < 4.78 is 10.0. The van der Waals surface area contributed by atoms with E-state index >= 15 is 0 Å². The van der Waals surface area contributed by atoms with Gasteiger partial charge in [-0.1, -0.05) is 61.9 Å². The van der Waals surface area contributed by atoms with Crippen LogP contribution in [0.4, 0.5) is 4.79 Å². The fraction of sp³-hybridized carbons (Fsp3) is 0.300. The predicted molar refractivity (Wildman–Crippen MR) is 161 cm³/mol. The normalized spacial score (nSPS) is 9.13. The van der Waals surface area contributed by atoms with Crippen molar-refractivity contribution in [2.45, 2.75) is 54.3 Å². The number of nitrogens with zero attached hydrogens (tertiary/aromatic N) is 2. The number of thiocarbonyl (C=S) groups is 1. The Kier molecular flexibility index (Phi) is 18.7. The molecule has 3 rings (SSSR count). The van der Waals surface area contributed by atoms with Gasteiger partial charge in [-0.2, -0.15) is 0 Å². The molecule has 0 spiro atoms. The number of rotatable bonds is 5. The van der Waals surface area contributed by atoms with E-state index in [0.717, 1.165) is 16.8 Å². The third-order valence-electron chi connectivity index (χ3n) is 3.98. The number of benzene rings is 2. The molecule has 39 heavy (non-hydrogen) atoms. The highest BCUT2D eigenvalue weighted by atomic mass is 32.1. The van der Waals surface area contributed by atoms with Crippen molar-refractivity contribution in [3.63, 3.8) is 0 Å². The summed E-state index contributed by atoms with van der Waals surface area (Å²) in [5.41, 5.74) is 4.34. The highest BCUT2D eigenvalue weighted by Gasteiger charge is 2.09. The summed E-state index contributed by atoms with van der Waals surface area (Å²) in [6, 6.07) is 16.6. The number of alkyl carbamates (subject to hydrolysis) is 1. The molecule has 9 heteroatoms. The standard InChI is InChI=1S/C14H14N2O2.C10H12N2O2S.C4H8.C2H6/c1-10(2)18-14(17)12-5-3-11(4-6-12)13-9-15-7-8-16-13;1-11-9(15)12-10(13)14-7-8-5-3-2-4-6-8;1-4(2)3;1-2/h3-10H,1-2H3;2-6H,7H2,1H3,(H2,11,12,13,15);1H2,2-3H3;1-2H3. The molecule has 1 heterocycles. The number of ether oxygens (including phenoxy) is 2. The molecule has 0 saturated heterocycles. The van der Waals surface area contributed by atoms with Gasteiger partial charge in [0.15, 0.2) is 5.11 Å². The highest BCUT2D eigenvalue weighted by Crippen LogP contribution is 2.16.